The molecule has 1 amide bonds. The molecule has 0 saturated heterocycles. The molecule has 6 nitrogen and oxygen atoms in total. The molecule has 0 heterocycles. The van der Waals surface area contributed by atoms with Gasteiger partial charge >= 0.3 is 0 Å². The van der Waals surface area contributed by atoms with Crippen molar-refractivity contribution in [2.75, 3.05) is 18.4 Å². The molecule has 7 heteroatoms. The van der Waals surface area contributed by atoms with Crippen LogP contribution < -0.4 is 5.32 Å². The Kier molecular flexibility index (Phi) is 6.25. The van der Waals surface area contributed by atoms with Gasteiger partial charge in [0.05, 0.1) is 4.90 Å². The number of ketones is 1. The van der Waals surface area contributed by atoms with Crippen LogP contribution in [0.5, 0.6) is 0 Å². The van der Waals surface area contributed by atoms with Gasteiger partial charge in [-0.05, 0) is 50.3 Å². The van der Waals surface area contributed by atoms with Gasteiger partial charge in [0, 0.05) is 36.5 Å². The Labute approximate surface area is 167 Å². The summed E-state index contributed by atoms with van der Waals surface area (Å²) < 4.78 is 27.2. The van der Waals surface area contributed by atoms with Crippen LogP contribution in [0.3, 0.4) is 0 Å². The number of Topliss-reactive ketones (excluding diaryl/α,β-unsaturated/α-hetero) is 1. The lowest BCUT2D eigenvalue weighted by molar-refractivity contribution is -0.136. The van der Waals surface area contributed by atoms with E-state index in [-0.39, 0.29) is 28.6 Å². The van der Waals surface area contributed by atoms with Crippen LogP contribution in [-0.4, -0.2) is 37.5 Å². The molecule has 2 aliphatic carbocycles. The van der Waals surface area contributed by atoms with Gasteiger partial charge in [0.1, 0.15) is 5.78 Å². The second kappa shape index (κ2) is 8.33. The van der Waals surface area contributed by atoms with Gasteiger partial charge in [-0.25, -0.2) is 8.42 Å². The fourth-order valence-electron chi connectivity index (χ4n) is 4.60. The summed E-state index contributed by atoms with van der Waals surface area (Å²) >= 11 is 0. The number of aryl methyl sites for hydroxylation is 1. The molecule has 0 aromatic heterocycles. The summed E-state index contributed by atoms with van der Waals surface area (Å²) in [4.78, 5) is 25.3. The lowest BCUT2D eigenvalue weighted by Gasteiger charge is -2.36. The highest BCUT2D eigenvalue weighted by Crippen LogP contribution is 2.40. The summed E-state index contributed by atoms with van der Waals surface area (Å²) in [6.45, 7) is 6.17. The Morgan fingerprint density at radius 1 is 1.14 bits per heavy atom. The predicted molar refractivity (Wildman–Crippen MR) is 108 cm³/mol. The normalized spacial score (nSPS) is 25.0. The maximum Gasteiger partial charge on any atom is 0.243 e. The first-order chi connectivity index (χ1) is 13.3. The van der Waals surface area contributed by atoms with Gasteiger partial charge in [0.2, 0.25) is 15.9 Å². The molecule has 1 unspecified atom stereocenters. The number of fused-ring (bicyclic) bond motifs is 2. The van der Waals surface area contributed by atoms with Crippen molar-refractivity contribution < 1.29 is 18.0 Å². The van der Waals surface area contributed by atoms with Crippen LogP contribution in [-0.2, 0) is 19.6 Å². The number of rotatable bonds is 6. The Bertz CT molecular complexity index is 845. The van der Waals surface area contributed by atoms with E-state index in [9.17, 15) is 18.0 Å². The van der Waals surface area contributed by atoms with E-state index >= 15 is 0 Å². The second-order valence-corrected chi connectivity index (χ2v) is 9.86. The summed E-state index contributed by atoms with van der Waals surface area (Å²) in [6.07, 6.45) is 4.06. The molecule has 28 heavy (non-hydrogen) atoms. The summed E-state index contributed by atoms with van der Waals surface area (Å²) in [5.41, 5.74) is 1.14. The summed E-state index contributed by atoms with van der Waals surface area (Å²) in [5.74, 6) is 0.0644. The van der Waals surface area contributed by atoms with Crippen molar-refractivity contribution in [3.8, 4) is 0 Å². The molecule has 3 rings (SSSR count). The fourth-order valence-corrected chi connectivity index (χ4v) is 6.31. The van der Waals surface area contributed by atoms with Crippen LogP contribution in [0.4, 0.5) is 5.69 Å². The molecule has 1 aromatic rings. The minimum atomic E-state index is -3.60. The maximum atomic E-state index is 12.9. The van der Waals surface area contributed by atoms with Crippen LogP contribution in [0.2, 0.25) is 0 Å². The highest BCUT2D eigenvalue weighted by atomic mass is 32.2. The molecule has 2 aliphatic rings. The van der Waals surface area contributed by atoms with E-state index in [4.69, 9.17) is 0 Å². The molecule has 2 saturated carbocycles. The molecule has 154 valence electrons. The summed E-state index contributed by atoms with van der Waals surface area (Å²) in [6, 6.07) is 5.02. The van der Waals surface area contributed by atoms with E-state index in [2.05, 4.69) is 5.32 Å². The number of benzene rings is 1. The number of hydrogen-bond acceptors (Lipinski definition) is 4. The van der Waals surface area contributed by atoms with E-state index in [0.717, 1.165) is 19.3 Å². The largest absolute Gasteiger partial charge is 0.326 e. The van der Waals surface area contributed by atoms with Gasteiger partial charge < -0.3 is 5.32 Å². The Balaban J connectivity index is 1.78. The third kappa shape index (κ3) is 4.01. The number of hydrogen-bond donors (Lipinski definition) is 1. The van der Waals surface area contributed by atoms with Crippen LogP contribution >= 0.6 is 0 Å². The Morgan fingerprint density at radius 2 is 1.75 bits per heavy atom. The van der Waals surface area contributed by atoms with Crippen molar-refractivity contribution in [1.29, 1.82) is 0 Å². The molecular formula is C21H30N2O4S. The van der Waals surface area contributed by atoms with E-state index < -0.39 is 10.0 Å². The number of anilines is 1. The zero-order valence-electron chi connectivity index (χ0n) is 16.9. The first-order valence-corrected chi connectivity index (χ1v) is 11.7. The highest BCUT2D eigenvalue weighted by molar-refractivity contribution is 7.89. The molecule has 0 aliphatic heterocycles. The number of carbonyl (C=O) groups excluding carboxylic acids is 2. The summed E-state index contributed by atoms with van der Waals surface area (Å²) in [5, 5.41) is 2.90. The van der Waals surface area contributed by atoms with E-state index in [1.807, 2.05) is 13.8 Å². The van der Waals surface area contributed by atoms with Gasteiger partial charge in [-0.2, -0.15) is 4.31 Å². The topological polar surface area (TPSA) is 83.6 Å². The average Bonchev–Trinajstić information content (AvgIpc) is 2.63. The average molecular weight is 407 g/mol. The maximum absolute atomic E-state index is 12.9. The van der Waals surface area contributed by atoms with Crippen LogP contribution in [0.25, 0.3) is 0 Å². The van der Waals surface area contributed by atoms with E-state index in [0.29, 0.717) is 43.0 Å². The third-order valence-corrected chi connectivity index (χ3v) is 8.39. The monoisotopic (exact) mass is 406 g/mol. The van der Waals surface area contributed by atoms with Crippen molar-refractivity contribution in [3.63, 3.8) is 0 Å². The second-order valence-electron chi connectivity index (χ2n) is 7.95. The SMILES string of the molecule is CCN(CC)S(=O)(=O)c1cc(NC(=O)C2C[C@H]3CCC[C@@H](C2)C3=O)ccc1C. The predicted octanol–water partition coefficient (Wildman–Crippen LogP) is 3.36. The van der Waals surface area contributed by atoms with E-state index in [1.54, 1.807) is 25.1 Å². The first-order valence-electron chi connectivity index (χ1n) is 10.2. The zero-order chi connectivity index (χ0) is 20.5. The Morgan fingerprint density at radius 3 is 2.32 bits per heavy atom. The van der Waals surface area contributed by atoms with Crippen LogP contribution in [0.1, 0.15) is 51.5 Å². The Hall–Kier alpha value is -1.73. The highest BCUT2D eigenvalue weighted by Gasteiger charge is 2.41. The molecule has 2 bridgehead atoms. The van der Waals surface area contributed by atoms with Crippen molar-refractivity contribution in [3.05, 3.63) is 23.8 Å². The minimum absolute atomic E-state index is 0.0138. The lowest BCUT2D eigenvalue weighted by atomic mass is 9.67. The first kappa shape index (κ1) is 21.0. The fraction of sp³-hybridized carbons (Fsp3) is 0.619. The van der Waals surface area contributed by atoms with Crippen molar-refractivity contribution in [2.24, 2.45) is 17.8 Å². The van der Waals surface area contributed by atoms with Gasteiger partial charge in [-0.1, -0.05) is 26.3 Å². The standard InChI is InChI=1S/C21H30N2O4S/c1-4-23(5-2)28(26,27)19-13-18(10-9-14(19)3)22-21(25)17-11-15-7-6-8-16(12-17)20(15)24/h9-10,13,15-17H,4-8,11-12H2,1-3H3,(H,22,25)/t15-,16+,17?. The van der Waals surface area contributed by atoms with Crippen molar-refractivity contribution in [1.82, 2.24) is 4.31 Å². The number of sulfonamides is 1. The molecule has 3 atom stereocenters. The summed E-state index contributed by atoms with van der Waals surface area (Å²) in [7, 11) is -3.60. The van der Waals surface area contributed by atoms with E-state index in [1.165, 1.54) is 4.31 Å². The van der Waals surface area contributed by atoms with Crippen molar-refractivity contribution >= 4 is 27.4 Å². The molecule has 1 aromatic carbocycles. The molecule has 0 spiro atoms. The van der Waals surface area contributed by atoms with Crippen LogP contribution in [0, 0.1) is 24.7 Å². The lowest BCUT2D eigenvalue weighted by Crippen LogP contribution is -2.40. The number of amides is 1. The van der Waals surface area contributed by atoms with Gasteiger partial charge in [-0.3, -0.25) is 9.59 Å². The van der Waals surface area contributed by atoms with Gasteiger partial charge in [-0.15, -0.1) is 0 Å². The smallest absolute Gasteiger partial charge is 0.243 e. The third-order valence-electron chi connectivity index (χ3n) is 6.20. The molecule has 0 radical (unpaired) electrons. The van der Waals surface area contributed by atoms with Crippen molar-refractivity contribution in [2.45, 2.75) is 57.8 Å². The van der Waals surface area contributed by atoms with Crippen LogP contribution in [0.15, 0.2) is 23.1 Å². The number of nitrogens with one attached hydrogen (secondary N) is 1. The quantitative estimate of drug-likeness (QED) is 0.785. The molecule has 1 N–H and O–H groups in total. The number of nitrogens with zero attached hydrogens (tertiary/aromatic N) is 1. The van der Waals surface area contributed by atoms with Gasteiger partial charge in [0.25, 0.3) is 0 Å². The van der Waals surface area contributed by atoms with Gasteiger partial charge in [0.15, 0.2) is 0 Å². The zero-order valence-corrected chi connectivity index (χ0v) is 17.7. The molecule has 2 fully saturated rings. The molecular weight excluding hydrogens is 376 g/mol. The number of carbonyl (C=O) groups is 2. The minimum Gasteiger partial charge on any atom is -0.326 e.